The molecule has 0 bridgehead atoms. The highest BCUT2D eigenvalue weighted by atomic mass is 35.5. The van der Waals surface area contributed by atoms with E-state index in [9.17, 15) is 22.3 Å². The van der Waals surface area contributed by atoms with E-state index in [4.69, 9.17) is 11.6 Å². The van der Waals surface area contributed by atoms with Crippen molar-refractivity contribution in [2.24, 2.45) is 0 Å². The molecule has 0 aliphatic heterocycles. The van der Waals surface area contributed by atoms with Crippen LogP contribution in [0, 0.1) is 11.6 Å². The maximum atomic E-state index is 13.5. The first-order valence-electron chi connectivity index (χ1n) is 6.19. The van der Waals surface area contributed by atoms with Crippen molar-refractivity contribution in [2.75, 3.05) is 6.54 Å². The summed E-state index contributed by atoms with van der Waals surface area (Å²) >= 11 is 5.79. The molecule has 0 radical (unpaired) electrons. The Hall–Kier alpha value is -1.54. The standard InChI is InChI=1S/C14H12ClF2NO3S/c15-9-4-1-2-7-13(9)22(20,21)18-8-12(19)14-10(16)5-3-6-11(14)17/h1-7,12,18-19H,8H2. The van der Waals surface area contributed by atoms with E-state index in [0.717, 1.165) is 18.2 Å². The van der Waals surface area contributed by atoms with Crippen LogP contribution in [0.25, 0.3) is 0 Å². The van der Waals surface area contributed by atoms with Gasteiger partial charge < -0.3 is 5.11 Å². The number of halogens is 3. The normalized spacial score (nSPS) is 13.1. The molecule has 0 aliphatic rings. The van der Waals surface area contributed by atoms with Gasteiger partial charge in [-0.1, -0.05) is 29.8 Å². The second kappa shape index (κ2) is 6.70. The summed E-state index contributed by atoms with van der Waals surface area (Å²) in [6.07, 6.45) is -1.67. The minimum absolute atomic E-state index is 0.00145. The Balaban J connectivity index is 2.18. The Morgan fingerprint density at radius 3 is 2.27 bits per heavy atom. The van der Waals surface area contributed by atoms with Crippen LogP contribution in [-0.4, -0.2) is 20.1 Å². The fourth-order valence-electron chi connectivity index (χ4n) is 1.86. The van der Waals surface area contributed by atoms with Gasteiger partial charge in [0.1, 0.15) is 16.5 Å². The summed E-state index contributed by atoms with van der Waals surface area (Å²) in [5.41, 5.74) is -0.593. The third-order valence-electron chi connectivity index (χ3n) is 2.93. The molecule has 2 rings (SSSR count). The summed E-state index contributed by atoms with van der Waals surface area (Å²) < 4.78 is 53.2. The monoisotopic (exact) mass is 347 g/mol. The molecule has 0 saturated carbocycles. The number of hydrogen-bond acceptors (Lipinski definition) is 3. The highest BCUT2D eigenvalue weighted by Crippen LogP contribution is 2.23. The van der Waals surface area contributed by atoms with E-state index in [0.29, 0.717) is 0 Å². The first-order valence-corrected chi connectivity index (χ1v) is 8.05. The molecule has 0 aromatic heterocycles. The van der Waals surface area contributed by atoms with Gasteiger partial charge in [-0.05, 0) is 24.3 Å². The number of rotatable bonds is 5. The van der Waals surface area contributed by atoms with Gasteiger partial charge in [0.2, 0.25) is 10.0 Å². The Morgan fingerprint density at radius 2 is 1.68 bits per heavy atom. The summed E-state index contributed by atoms with van der Waals surface area (Å²) in [7, 11) is -4.01. The van der Waals surface area contributed by atoms with Crippen molar-refractivity contribution >= 4 is 21.6 Å². The van der Waals surface area contributed by atoms with Crippen LogP contribution in [0.1, 0.15) is 11.7 Å². The molecule has 2 N–H and O–H groups in total. The van der Waals surface area contributed by atoms with Crippen LogP contribution in [0.4, 0.5) is 8.78 Å². The van der Waals surface area contributed by atoms with Gasteiger partial charge in [-0.2, -0.15) is 0 Å². The molecule has 8 heteroatoms. The van der Waals surface area contributed by atoms with Crippen LogP contribution in [0.3, 0.4) is 0 Å². The molecule has 0 fully saturated rings. The summed E-state index contributed by atoms with van der Waals surface area (Å²) in [5.74, 6) is -1.91. The van der Waals surface area contributed by atoms with Crippen LogP contribution in [0.5, 0.6) is 0 Å². The Kier molecular flexibility index (Phi) is 5.12. The highest BCUT2D eigenvalue weighted by molar-refractivity contribution is 7.89. The minimum atomic E-state index is -4.01. The first-order chi connectivity index (χ1) is 10.3. The van der Waals surface area contributed by atoms with Crippen molar-refractivity contribution in [1.82, 2.24) is 4.72 Å². The van der Waals surface area contributed by atoms with Gasteiger partial charge in [0, 0.05) is 6.54 Å². The lowest BCUT2D eigenvalue weighted by molar-refractivity contribution is 0.172. The van der Waals surface area contributed by atoms with Gasteiger partial charge in [0.25, 0.3) is 0 Å². The zero-order valence-electron chi connectivity index (χ0n) is 11.1. The van der Waals surface area contributed by atoms with E-state index in [-0.39, 0.29) is 9.92 Å². The Bertz CT molecular complexity index is 763. The number of hydrogen-bond donors (Lipinski definition) is 2. The summed E-state index contributed by atoms with van der Waals surface area (Å²) in [5, 5.41) is 9.82. The van der Waals surface area contributed by atoms with Crippen molar-refractivity contribution < 1.29 is 22.3 Å². The third kappa shape index (κ3) is 3.61. The minimum Gasteiger partial charge on any atom is -0.387 e. The van der Waals surface area contributed by atoms with Crippen LogP contribution in [0.15, 0.2) is 47.4 Å². The van der Waals surface area contributed by atoms with Crippen molar-refractivity contribution in [3.8, 4) is 0 Å². The number of aliphatic hydroxyl groups is 1. The lowest BCUT2D eigenvalue weighted by Crippen LogP contribution is -2.29. The molecule has 0 heterocycles. The fraction of sp³-hybridized carbons (Fsp3) is 0.143. The average molecular weight is 348 g/mol. The molecule has 0 aliphatic carbocycles. The zero-order valence-corrected chi connectivity index (χ0v) is 12.7. The van der Waals surface area contributed by atoms with E-state index >= 15 is 0 Å². The maximum Gasteiger partial charge on any atom is 0.242 e. The van der Waals surface area contributed by atoms with Gasteiger partial charge in [0.05, 0.1) is 16.7 Å². The summed E-state index contributed by atoms with van der Waals surface area (Å²) in [6.45, 7) is -0.592. The van der Waals surface area contributed by atoms with Gasteiger partial charge in [-0.15, -0.1) is 0 Å². The second-order valence-electron chi connectivity index (χ2n) is 4.43. The molecular formula is C14H12ClF2NO3S. The van der Waals surface area contributed by atoms with Crippen molar-refractivity contribution in [3.05, 3.63) is 64.7 Å². The number of nitrogens with one attached hydrogen (secondary N) is 1. The topological polar surface area (TPSA) is 66.4 Å². The van der Waals surface area contributed by atoms with E-state index < -0.39 is 39.9 Å². The van der Waals surface area contributed by atoms with E-state index in [1.807, 2.05) is 0 Å². The number of sulfonamides is 1. The van der Waals surface area contributed by atoms with Gasteiger partial charge in [-0.25, -0.2) is 21.9 Å². The van der Waals surface area contributed by atoms with Crippen molar-refractivity contribution in [3.63, 3.8) is 0 Å². The van der Waals surface area contributed by atoms with Crippen molar-refractivity contribution in [1.29, 1.82) is 0 Å². The molecule has 1 atom stereocenters. The maximum absolute atomic E-state index is 13.5. The molecule has 0 amide bonds. The van der Waals surface area contributed by atoms with Crippen LogP contribution in [0.2, 0.25) is 5.02 Å². The van der Waals surface area contributed by atoms with Gasteiger partial charge in [0.15, 0.2) is 0 Å². The quantitative estimate of drug-likeness (QED) is 0.873. The molecule has 118 valence electrons. The molecule has 0 saturated heterocycles. The lowest BCUT2D eigenvalue weighted by Gasteiger charge is -2.14. The predicted octanol–water partition coefficient (Wildman–Crippen LogP) is 2.63. The smallest absolute Gasteiger partial charge is 0.242 e. The first kappa shape index (κ1) is 16.8. The zero-order chi connectivity index (χ0) is 16.3. The molecular weight excluding hydrogens is 336 g/mol. The van der Waals surface area contributed by atoms with Crippen molar-refractivity contribution in [2.45, 2.75) is 11.0 Å². The summed E-state index contributed by atoms with van der Waals surface area (Å²) in [4.78, 5) is -0.183. The predicted molar refractivity (Wildman–Crippen MR) is 78.0 cm³/mol. The van der Waals surface area contributed by atoms with Gasteiger partial charge >= 0.3 is 0 Å². The SMILES string of the molecule is O=S(=O)(NCC(O)c1c(F)cccc1F)c1ccccc1Cl. The Labute approximate surface area is 131 Å². The molecule has 1 unspecified atom stereocenters. The summed E-state index contributed by atoms with van der Waals surface area (Å²) in [6, 6.07) is 8.81. The molecule has 2 aromatic carbocycles. The van der Waals surface area contributed by atoms with E-state index in [1.165, 1.54) is 18.2 Å². The van der Waals surface area contributed by atoms with Crippen LogP contribution < -0.4 is 4.72 Å². The van der Waals surface area contributed by atoms with Gasteiger partial charge in [-0.3, -0.25) is 0 Å². The molecule has 0 spiro atoms. The molecule has 4 nitrogen and oxygen atoms in total. The second-order valence-corrected chi connectivity index (χ2v) is 6.58. The largest absolute Gasteiger partial charge is 0.387 e. The Morgan fingerprint density at radius 1 is 1.09 bits per heavy atom. The highest BCUT2D eigenvalue weighted by Gasteiger charge is 2.22. The van der Waals surface area contributed by atoms with E-state index in [1.54, 1.807) is 6.07 Å². The van der Waals surface area contributed by atoms with Crippen LogP contribution in [-0.2, 0) is 10.0 Å². The number of aliphatic hydroxyl groups excluding tert-OH is 1. The molecule has 2 aromatic rings. The third-order valence-corrected chi connectivity index (χ3v) is 4.85. The number of benzene rings is 2. The van der Waals surface area contributed by atoms with E-state index in [2.05, 4.69) is 4.72 Å². The van der Waals surface area contributed by atoms with Crippen LogP contribution >= 0.6 is 11.6 Å². The average Bonchev–Trinajstić information content (AvgIpc) is 2.45. The molecule has 22 heavy (non-hydrogen) atoms. The fourth-order valence-corrected chi connectivity index (χ4v) is 3.42. The lowest BCUT2D eigenvalue weighted by atomic mass is 10.1.